The van der Waals surface area contributed by atoms with E-state index in [9.17, 15) is 0 Å². The van der Waals surface area contributed by atoms with Crippen LogP contribution >= 0.6 is 0 Å². The van der Waals surface area contributed by atoms with Crippen LogP contribution in [0.2, 0.25) is 0 Å². The number of anilines is 6. The Morgan fingerprint density at radius 1 is 0.217 bits per heavy atom. The summed E-state index contributed by atoms with van der Waals surface area (Å²) in [7, 11) is 0. The van der Waals surface area contributed by atoms with Crippen molar-refractivity contribution in [2.75, 3.05) is 9.80 Å². The number of nitrogens with zero attached hydrogens (tertiary/aromatic N) is 5. The number of hydrogen-bond donors (Lipinski definition) is 0. The molecule has 0 unspecified atom stereocenters. The molecule has 0 saturated carbocycles. The second-order valence-corrected chi connectivity index (χ2v) is 27.7. The zero-order valence-electron chi connectivity index (χ0n) is 58.1. The van der Waals surface area contributed by atoms with Crippen LogP contribution < -0.4 is 9.80 Å². The van der Waals surface area contributed by atoms with E-state index < -0.39 is 10.8 Å². The van der Waals surface area contributed by atoms with Crippen LogP contribution in [0, 0.1) is 0 Å². The molecule has 498 valence electrons. The second-order valence-electron chi connectivity index (χ2n) is 27.7. The number of para-hydroxylation sites is 4. The Kier molecular flexibility index (Phi) is 14.9. The van der Waals surface area contributed by atoms with Gasteiger partial charge in [-0.1, -0.05) is 291 Å². The Bertz CT molecular complexity index is 6430. The van der Waals surface area contributed by atoms with Gasteiger partial charge in [-0.05, 0) is 199 Å². The van der Waals surface area contributed by atoms with E-state index in [1.807, 2.05) is 12.3 Å². The van der Waals surface area contributed by atoms with Crippen molar-refractivity contribution in [3.8, 4) is 33.6 Å². The first-order valence-electron chi connectivity index (χ1n) is 36.5. The molecule has 0 N–H and O–H groups in total. The van der Waals surface area contributed by atoms with Crippen molar-refractivity contribution in [1.29, 1.82) is 0 Å². The summed E-state index contributed by atoms with van der Waals surface area (Å²) in [5.74, 6) is 0.865. The maximum atomic E-state index is 4.93. The Hall–Kier alpha value is -13.9. The molecule has 3 heterocycles. The molecule has 0 aliphatic heterocycles. The number of hydrogen-bond acceptors (Lipinski definition) is 3. The topological polar surface area (TPSA) is 29.2 Å². The zero-order valence-corrected chi connectivity index (χ0v) is 58.1. The predicted molar refractivity (Wildman–Crippen MR) is 441 cm³/mol. The number of rotatable bonds is 12. The molecule has 2 aliphatic carbocycles. The first kappa shape index (κ1) is 62.0. The Labute approximate surface area is 616 Å². The molecule has 0 saturated heterocycles. The number of fused-ring (bicyclic) bond motifs is 13. The normalized spacial score (nSPS) is 12.9. The first-order valence-corrected chi connectivity index (χ1v) is 36.5. The molecule has 5 nitrogen and oxygen atoms in total. The summed E-state index contributed by atoms with van der Waals surface area (Å²) in [5, 5.41) is 7.31. The zero-order chi connectivity index (χ0) is 70.1. The van der Waals surface area contributed by atoms with Crippen molar-refractivity contribution in [1.82, 2.24) is 14.1 Å². The van der Waals surface area contributed by atoms with Gasteiger partial charge in [0.05, 0.1) is 32.9 Å². The van der Waals surface area contributed by atoms with Crippen molar-refractivity contribution >= 4 is 88.6 Å². The van der Waals surface area contributed by atoms with Crippen molar-refractivity contribution in [3.05, 3.63) is 463 Å². The molecule has 3 aromatic heterocycles. The van der Waals surface area contributed by atoms with Gasteiger partial charge in [-0.15, -0.1) is 0 Å². The van der Waals surface area contributed by atoms with Gasteiger partial charge in [-0.2, -0.15) is 0 Å². The fourth-order valence-corrected chi connectivity index (χ4v) is 17.7. The first-order chi connectivity index (χ1) is 52.6. The van der Waals surface area contributed by atoms with Gasteiger partial charge in [0.15, 0.2) is 0 Å². The lowest BCUT2D eigenvalue weighted by Crippen LogP contribution is -2.28. The fraction of sp³-hybridized carbons (Fsp3) is 0.0198. The highest BCUT2D eigenvalue weighted by molar-refractivity contribution is 6.12. The van der Waals surface area contributed by atoms with Crippen molar-refractivity contribution in [2.24, 2.45) is 0 Å². The summed E-state index contributed by atoms with van der Waals surface area (Å²) >= 11 is 0. The maximum absolute atomic E-state index is 4.93. The molecule has 21 rings (SSSR count). The van der Waals surface area contributed by atoms with Crippen molar-refractivity contribution in [2.45, 2.75) is 10.8 Å². The minimum absolute atomic E-state index is 0.493. The minimum atomic E-state index is -0.493. The van der Waals surface area contributed by atoms with E-state index in [0.29, 0.717) is 0 Å². The summed E-state index contributed by atoms with van der Waals surface area (Å²) < 4.78 is 4.75. The van der Waals surface area contributed by atoms with Crippen LogP contribution in [-0.4, -0.2) is 14.1 Å². The average Bonchev–Trinajstić information content (AvgIpc) is 1.54. The van der Waals surface area contributed by atoms with Gasteiger partial charge >= 0.3 is 0 Å². The largest absolute Gasteiger partial charge is 0.310 e. The van der Waals surface area contributed by atoms with Gasteiger partial charge in [-0.25, -0.2) is 4.98 Å². The molecule has 106 heavy (non-hydrogen) atoms. The lowest BCUT2D eigenvalue weighted by Gasteiger charge is -2.35. The summed E-state index contributed by atoms with van der Waals surface area (Å²) in [6, 6.07) is 150. The molecule has 0 fully saturated rings. The van der Waals surface area contributed by atoms with Gasteiger partial charge in [0.2, 0.25) is 0 Å². The molecule has 0 bridgehead atoms. The van der Waals surface area contributed by atoms with Gasteiger partial charge in [0, 0.05) is 67.6 Å². The van der Waals surface area contributed by atoms with Gasteiger partial charge in [0.1, 0.15) is 5.82 Å². The Morgan fingerprint density at radius 2 is 0.557 bits per heavy atom. The highest BCUT2D eigenvalue weighted by Crippen LogP contribution is 2.60. The predicted octanol–water partition coefficient (Wildman–Crippen LogP) is 25.8. The molecule has 16 aromatic carbocycles. The highest BCUT2D eigenvalue weighted by atomic mass is 15.2. The van der Waals surface area contributed by atoms with Gasteiger partial charge in [0.25, 0.3) is 0 Å². The molecule has 5 heteroatoms. The van der Waals surface area contributed by atoms with E-state index in [2.05, 4.69) is 425 Å². The standard InChI is InChI=1S/C53H36N2.C48H33N3/c1-4-18-39(19-5-1)53(40-20-6-2-7-21-40)49-26-14-12-24-45(49)46-32-30-44(36-50(46)53)54(42-29-28-37-16-10-11-17-38(37)34-42)43-31-33-52-48(35-43)47-25-13-15-27-51(47)55(52)41-22-8-3-9-23-41;1-4-16-34(17-5-1)48(35-18-6-2-7-19-35)43-24-12-10-22-39(43)40-29-27-38(33-44(40)48)50(47-26-14-15-31-49-47)37-28-30-46-42(32-37)41-23-11-13-25-45(41)51(46)36-20-8-3-9-21-36/h1-36H;1-33H. The third kappa shape index (κ3) is 9.81. The smallest absolute Gasteiger partial charge is 0.137 e. The maximum Gasteiger partial charge on any atom is 0.137 e. The lowest BCUT2D eigenvalue weighted by molar-refractivity contribution is 0.768. The summed E-state index contributed by atoms with van der Waals surface area (Å²) in [6.07, 6.45) is 1.88. The Morgan fingerprint density at radius 3 is 1.03 bits per heavy atom. The van der Waals surface area contributed by atoms with Crippen LogP contribution in [0.3, 0.4) is 0 Å². The lowest BCUT2D eigenvalue weighted by atomic mass is 9.67. The fourth-order valence-electron chi connectivity index (χ4n) is 17.7. The third-order valence-corrected chi connectivity index (χ3v) is 22.1. The number of aromatic nitrogens is 3. The van der Waals surface area contributed by atoms with Gasteiger partial charge in [-0.3, -0.25) is 4.90 Å². The molecule has 0 spiro atoms. The van der Waals surface area contributed by atoms with E-state index in [1.165, 1.54) is 121 Å². The molecular weight excluding hydrogens is 1280 g/mol. The molecule has 0 atom stereocenters. The van der Waals surface area contributed by atoms with Crippen LogP contribution in [0.1, 0.15) is 44.5 Å². The van der Waals surface area contributed by atoms with Crippen LogP contribution in [0.5, 0.6) is 0 Å². The SMILES string of the molecule is c1ccc(-n2c3ccccc3c3cc(N(c4ccc5c(c4)C(c4ccccc4)(c4ccccc4)c4ccccc4-5)c4ccc5ccccc5c4)ccc32)cc1.c1ccc(-n2c3ccccc3c3cc(N(c4ccc5c(c4)C(c4ccccc4)(c4ccccc4)c4ccccc4-5)c4ccccn4)ccc32)cc1. The van der Waals surface area contributed by atoms with E-state index in [1.54, 1.807) is 0 Å². The van der Waals surface area contributed by atoms with E-state index in [4.69, 9.17) is 4.98 Å². The minimum Gasteiger partial charge on any atom is -0.310 e. The van der Waals surface area contributed by atoms with E-state index >= 15 is 0 Å². The molecule has 19 aromatic rings. The average molecular weight is 1350 g/mol. The molecule has 0 amide bonds. The molecule has 2 aliphatic rings. The van der Waals surface area contributed by atoms with Crippen molar-refractivity contribution < 1.29 is 0 Å². The van der Waals surface area contributed by atoms with E-state index in [-0.39, 0.29) is 0 Å². The van der Waals surface area contributed by atoms with Crippen LogP contribution in [-0.2, 0) is 10.8 Å². The quantitative estimate of drug-likeness (QED) is 0.122. The molecular formula is C101H69N5. The Balaban J connectivity index is 0.000000141. The number of pyridine rings is 1. The summed E-state index contributed by atoms with van der Waals surface area (Å²) in [5.41, 5.74) is 26.8. The van der Waals surface area contributed by atoms with E-state index in [0.717, 1.165) is 45.6 Å². The summed E-state index contributed by atoms with van der Waals surface area (Å²) in [4.78, 5) is 9.69. The van der Waals surface area contributed by atoms with Crippen LogP contribution in [0.15, 0.2) is 419 Å². The third-order valence-electron chi connectivity index (χ3n) is 22.1. The monoisotopic (exact) mass is 1350 g/mol. The number of benzene rings is 16. The summed E-state index contributed by atoms with van der Waals surface area (Å²) in [6.45, 7) is 0. The van der Waals surface area contributed by atoms with Crippen LogP contribution in [0.4, 0.5) is 34.3 Å². The van der Waals surface area contributed by atoms with Gasteiger partial charge < -0.3 is 14.0 Å². The van der Waals surface area contributed by atoms with Crippen molar-refractivity contribution in [3.63, 3.8) is 0 Å². The molecule has 0 radical (unpaired) electrons. The second kappa shape index (κ2) is 25.6. The highest BCUT2D eigenvalue weighted by Gasteiger charge is 2.48. The van der Waals surface area contributed by atoms with Crippen LogP contribution in [0.25, 0.3) is 88.0 Å².